The minimum Gasteiger partial charge on any atom is -0.387 e. The minimum atomic E-state index is 0.439. The number of hydrogen-bond donors (Lipinski definition) is 1. The second kappa shape index (κ2) is 4.72. The van der Waals surface area contributed by atoms with Crippen LogP contribution in [0.3, 0.4) is 0 Å². The second-order valence-electron chi connectivity index (χ2n) is 5.47. The van der Waals surface area contributed by atoms with Crippen LogP contribution in [0, 0.1) is 12.8 Å². The highest BCUT2D eigenvalue weighted by Crippen LogP contribution is 2.47. The summed E-state index contributed by atoms with van der Waals surface area (Å²) in [6.45, 7) is 2.05. The van der Waals surface area contributed by atoms with Crippen molar-refractivity contribution in [2.75, 3.05) is 26.5 Å². The number of anilines is 1. The lowest BCUT2D eigenvalue weighted by Gasteiger charge is -2.26. The highest BCUT2D eigenvalue weighted by atomic mass is 32.1. The lowest BCUT2D eigenvalue weighted by molar-refractivity contribution is 0.271. The van der Waals surface area contributed by atoms with Crippen molar-refractivity contribution in [2.45, 2.75) is 25.8 Å². The zero-order valence-corrected chi connectivity index (χ0v) is 12.7. The number of aryl methyl sites for hydroxylation is 1. The lowest BCUT2D eigenvalue weighted by atomic mass is 9.99. The summed E-state index contributed by atoms with van der Waals surface area (Å²) in [5.74, 6) is 0.759. The molecule has 4 nitrogen and oxygen atoms in total. The molecule has 1 atom stereocenters. The first kappa shape index (κ1) is 12.8. The van der Waals surface area contributed by atoms with E-state index in [-0.39, 0.29) is 0 Å². The van der Waals surface area contributed by atoms with Gasteiger partial charge in [0.25, 0.3) is 0 Å². The highest BCUT2D eigenvalue weighted by Gasteiger charge is 2.36. The predicted molar refractivity (Wildman–Crippen MR) is 80.9 cm³/mol. The van der Waals surface area contributed by atoms with Crippen LogP contribution in [0.15, 0.2) is 6.20 Å². The Labute approximate surface area is 117 Å². The normalized spacial score (nSPS) is 17.1. The van der Waals surface area contributed by atoms with Gasteiger partial charge in [0.05, 0.1) is 16.9 Å². The van der Waals surface area contributed by atoms with Gasteiger partial charge in [-0.25, -0.2) is 9.97 Å². The van der Waals surface area contributed by atoms with Gasteiger partial charge >= 0.3 is 0 Å². The van der Waals surface area contributed by atoms with Crippen molar-refractivity contribution >= 4 is 27.4 Å². The first-order valence-corrected chi connectivity index (χ1v) is 7.53. The average Bonchev–Trinajstić information content (AvgIpc) is 3.10. The van der Waals surface area contributed by atoms with Crippen LogP contribution in [0.25, 0.3) is 10.3 Å². The van der Waals surface area contributed by atoms with Gasteiger partial charge in [0.15, 0.2) is 0 Å². The first-order chi connectivity index (χ1) is 9.11. The van der Waals surface area contributed by atoms with E-state index in [0.29, 0.717) is 6.04 Å². The molecule has 102 valence electrons. The molecule has 3 rings (SSSR count). The van der Waals surface area contributed by atoms with E-state index in [1.54, 1.807) is 11.3 Å². The van der Waals surface area contributed by atoms with E-state index in [1.807, 2.05) is 13.2 Å². The molecule has 0 saturated heterocycles. The van der Waals surface area contributed by atoms with Gasteiger partial charge < -0.3 is 10.2 Å². The fraction of sp³-hybridized carbons (Fsp3) is 0.571. The third-order valence-electron chi connectivity index (χ3n) is 3.76. The van der Waals surface area contributed by atoms with Crippen molar-refractivity contribution in [3.8, 4) is 0 Å². The number of rotatable bonds is 4. The van der Waals surface area contributed by atoms with E-state index < -0.39 is 0 Å². The molecule has 1 fully saturated rings. The van der Waals surface area contributed by atoms with Gasteiger partial charge in [-0.05, 0) is 39.8 Å². The van der Waals surface area contributed by atoms with Gasteiger partial charge in [0.2, 0.25) is 0 Å². The van der Waals surface area contributed by atoms with Crippen LogP contribution < -0.4 is 5.32 Å². The summed E-state index contributed by atoms with van der Waals surface area (Å²) in [6.07, 6.45) is 4.59. The maximum atomic E-state index is 4.72. The van der Waals surface area contributed by atoms with Crippen molar-refractivity contribution in [3.05, 3.63) is 16.8 Å². The Balaban J connectivity index is 2.22. The number of nitrogens with one attached hydrogen (secondary N) is 1. The molecule has 0 amide bonds. The monoisotopic (exact) mass is 276 g/mol. The second-order valence-corrected chi connectivity index (χ2v) is 6.65. The van der Waals surface area contributed by atoms with Crippen molar-refractivity contribution in [3.63, 3.8) is 0 Å². The van der Waals surface area contributed by atoms with Gasteiger partial charge in [0.1, 0.15) is 10.3 Å². The van der Waals surface area contributed by atoms with Crippen LogP contribution in [0.4, 0.5) is 5.69 Å². The summed E-state index contributed by atoms with van der Waals surface area (Å²) in [5.41, 5.74) is 3.52. The molecule has 2 heterocycles. The molecule has 1 aliphatic rings. The van der Waals surface area contributed by atoms with Crippen molar-refractivity contribution in [2.24, 2.45) is 5.92 Å². The molecule has 0 radical (unpaired) electrons. The molecule has 19 heavy (non-hydrogen) atoms. The van der Waals surface area contributed by atoms with Crippen LogP contribution in [-0.2, 0) is 0 Å². The zero-order chi connectivity index (χ0) is 13.6. The number of fused-ring (bicyclic) bond motifs is 1. The summed E-state index contributed by atoms with van der Waals surface area (Å²) >= 11 is 1.68. The zero-order valence-electron chi connectivity index (χ0n) is 11.9. The first-order valence-electron chi connectivity index (χ1n) is 6.72. The standard InChI is InChI=1S/C14H20N4S/c1-8-17-12-11(13(18(3)4)9-5-6-9)10(15-2)7-16-14(12)19-8/h7,9,13,15H,5-6H2,1-4H3. The molecule has 1 N–H and O–H groups in total. The lowest BCUT2D eigenvalue weighted by Crippen LogP contribution is -2.23. The summed E-state index contributed by atoms with van der Waals surface area (Å²) < 4.78 is 0. The third-order valence-corrected chi connectivity index (χ3v) is 4.64. The van der Waals surface area contributed by atoms with Crippen LogP contribution in [0.5, 0.6) is 0 Å². The van der Waals surface area contributed by atoms with Crippen LogP contribution in [-0.4, -0.2) is 36.0 Å². The number of aromatic nitrogens is 2. The van der Waals surface area contributed by atoms with Crippen molar-refractivity contribution in [1.82, 2.24) is 14.9 Å². The van der Waals surface area contributed by atoms with Gasteiger partial charge in [-0.3, -0.25) is 0 Å². The van der Waals surface area contributed by atoms with E-state index in [1.165, 1.54) is 18.4 Å². The maximum Gasteiger partial charge on any atom is 0.143 e. The molecule has 0 bridgehead atoms. The molecular formula is C14H20N4S. The molecule has 0 aliphatic heterocycles. The van der Waals surface area contributed by atoms with E-state index >= 15 is 0 Å². The Bertz CT molecular complexity index is 599. The topological polar surface area (TPSA) is 41.1 Å². The Hall–Kier alpha value is -1.20. The Morgan fingerprint density at radius 1 is 1.42 bits per heavy atom. The van der Waals surface area contributed by atoms with E-state index in [0.717, 1.165) is 27.0 Å². The summed E-state index contributed by atoms with van der Waals surface area (Å²) in [5, 5.41) is 4.38. The van der Waals surface area contributed by atoms with Gasteiger partial charge in [0, 0.05) is 18.7 Å². The van der Waals surface area contributed by atoms with Crippen LogP contribution >= 0.6 is 11.3 Å². The third kappa shape index (κ3) is 2.21. The van der Waals surface area contributed by atoms with Gasteiger partial charge in [-0.1, -0.05) is 11.3 Å². The summed E-state index contributed by atoms with van der Waals surface area (Å²) in [7, 11) is 6.28. The minimum absolute atomic E-state index is 0.439. The molecule has 1 unspecified atom stereocenters. The molecule has 2 aromatic rings. The van der Waals surface area contributed by atoms with Crippen LogP contribution in [0.1, 0.15) is 29.5 Å². The molecule has 0 aromatic carbocycles. The predicted octanol–water partition coefficient (Wildman–Crippen LogP) is 3.05. The Morgan fingerprint density at radius 2 is 2.16 bits per heavy atom. The molecule has 5 heteroatoms. The molecule has 1 saturated carbocycles. The van der Waals surface area contributed by atoms with Crippen molar-refractivity contribution < 1.29 is 0 Å². The number of nitrogens with zero attached hydrogens (tertiary/aromatic N) is 3. The van der Waals surface area contributed by atoms with Crippen LogP contribution in [0.2, 0.25) is 0 Å². The van der Waals surface area contributed by atoms with Gasteiger partial charge in [-0.15, -0.1) is 0 Å². The maximum absolute atomic E-state index is 4.72. The van der Waals surface area contributed by atoms with E-state index in [2.05, 4.69) is 36.2 Å². The van der Waals surface area contributed by atoms with Crippen molar-refractivity contribution in [1.29, 1.82) is 0 Å². The molecule has 1 aliphatic carbocycles. The number of pyridine rings is 1. The average molecular weight is 276 g/mol. The smallest absolute Gasteiger partial charge is 0.143 e. The highest BCUT2D eigenvalue weighted by molar-refractivity contribution is 7.18. The summed E-state index contributed by atoms with van der Waals surface area (Å²) in [6, 6.07) is 0.439. The molecule has 0 spiro atoms. The largest absolute Gasteiger partial charge is 0.387 e. The Morgan fingerprint density at radius 3 is 2.74 bits per heavy atom. The fourth-order valence-electron chi connectivity index (χ4n) is 2.83. The SMILES string of the molecule is CNc1cnc2sc(C)nc2c1C(C1CC1)N(C)C. The number of hydrogen-bond acceptors (Lipinski definition) is 5. The quantitative estimate of drug-likeness (QED) is 0.932. The van der Waals surface area contributed by atoms with E-state index in [4.69, 9.17) is 4.98 Å². The van der Waals surface area contributed by atoms with E-state index in [9.17, 15) is 0 Å². The molecular weight excluding hydrogens is 256 g/mol. The Kier molecular flexibility index (Phi) is 3.19. The molecule has 2 aromatic heterocycles. The number of thiazole rings is 1. The fourth-order valence-corrected chi connectivity index (χ4v) is 3.60. The van der Waals surface area contributed by atoms with Gasteiger partial charge in [-0.2, -0.15) is 0 Å². The summed E-state index contributed by atoms with van der Waals surface area (Å²) in [4.78, 5) is 12.6.